The van der Waals surface area contributed by atoms with E-state index in [1.54, 1.807) is 0 Å². The van der Waals surface area contributed by atoms with E-state index in [9.17, 15) is 0 Å². The topological polar surface area (TPSA) is 27.1 Å². The average Bonchev–Trinajstić information content (AvgIpc) is 3.05. The Hall–Kier alpha value is -1.61. The molecule has 0 N–H and O–H groups in total. The van der Waals surface area contributed by atoms with E-state index in [1.165, 1.54) is 36.2 Å². The molecule has 3 heteroatoms. The van der Waals surface area contributed by atoms with Gasteiger partial charge in [-0.15, -0.1) is 0 Å². The van der Waals surface area contributed by atoms with Crippen LogP contribution in [0, 0.1) is 5.92 Å². The smallest absolute Gasteiger partial charge is 0.0958 e. The molecule has 1 unspecified atom stereocenters. The molecule has 1 saturated heterocycles. The highest BCUT2D eigenvalue weighted by Gasteiger charge is 2.29. The zero-order chi connectivity index (χ0) is 13.4. The van der Waals surface area contributed by atoms with Crippen LogP contribution in [0.3, 0.4) is 0 Å². The lowest BCUT2D eigenvalue weighted by atomic mass is 9.99. The first-order valence-electron chi connectivity index (χ1n) is 7.60. The zero-order valence-electron chi connectivity index (χ0n) is 11.7. The standard InChI is InChI=1S/C17H20N2O/c1-2-4-14(5-3-1)17-16(10-13-8-9-20-11-13)19(12-18-17)15-6-7-15/h1-5,12-13,15H,6-11H2. The van der Waals surface area contributed by atoms with Crippen LogP contribution in [0.1, 0.15) is 31.0 Å². The summed E-state index contributed by atoms with van der Waals surface area (Å²) in [6, 6.07) is 11.3. The normalized spacial score (nSPS) is 22.3. The predicted molar refractivity (Wildman–Crippen MR) is 78.6 cm³/mol. The average molecular weight is 268 g/mol. The molecule has 1 aromatic carbocycles. The molecule has 2 aromatic rings. The Morgan fingerprint density at radius 1 is 1.15 bits per heavy atom. The van der Waals surface area contributed by atoms with Gasteiger partial charge >= 0.3 is 0 Å². The lowest BCUT2D eigenvalue weighted by Gasteiger charge is -2.13. The Morgan fingerprint density at radius 3 is 2.70 bits per heavy atom. The summed E-state index contributed by atoms with van der Waals surface area (Å²) in [5.41, 5.74) is 3.82. The van der Waals surface area contributed by atoms with E-state index >= 15 is 0 Å². The minimum absolute atomic E-state index is 0.659. The number of benzene rings is 1. The molecule has 0 bridgehead atoms. The highest BCUT2D eigenvalue weighted by molar-refractivity contribution is 5.62. The van der Waals surface area contributed by atoms with Crippen LogP contribution in [0.2, 0.25) is 0 Å². The van der Waals surface area contributed by atoms with Crippen LogP contribution >= 0.6 is 0 Å². The van der Waals surface area contributed by atoms with Crippen molar-refractivity contribution in [3.8, 4) is 11.3 Å². The minimum Gasteiger partial charge on any atom is -0.381 e. The van der Waals surface area contributed by atoms with Crippen molar-refractivity contribution in [2.24, 2.45) is 5.92 Å². The van der Waals surface area contributed by atoms with E-state index in [2.05, 4.69) is 34.9 Å². The van der Waals surface area contributed by atoms with E-state index in [-0.39, 0.29) is 0 Å². The molecule has 0 amide bonds. The first kappa shape index (κ1) is 12.2. The van der Waals surface area contributed by atoms with E-state index in [4.69, 9.17) is 9.72 Å². The van der Waals surface area contributed by atoms with Gasteiger partial charge < -0.3 is 9.30 Å². The fourth-order valence-electron chi connectivity index (χ4n) is 3.11. The van der Waals surface area contributed by atoms with Gasteiger partial charge in [-0.3, -0.25) is 0 Å². The third-order valence-corrected chi connectivity index (χ3v) is 4.39. The van der Waals surface area contributed by atoms with Gasteiger partial charge in [-0.2, -0.15) is 0 Å². The molecular weight excluding hydrogens is 248 g/mol. The number of nitrogens with zero attached hydrogens (tertiary/aromatic N) is 2. The molecule has 2 heterocycles. The SMILES string of the molecule is c1ccc(-c2ncn(C3CC3)c2CC2CCOC2)cc1. The molecule has 3 nitrogen and oxygen atoms in total. The summed E-state index contributed by atoms with van der Waals surface area (Å²) in [5.74, 6) is 0.659. The quantitative estimate of drug-likeness (QED) is 0.849. The van der Waals surface area contributed by atoms with Gasteiger partial charge in [-0.05, 0) is 31.6 Å². The summed E-state index contributed by atoms with van der Waals surface area (Å²) >= 11 is 0. The molecule has 1 aromatic heterocycles. The van der Waals surface area contributed by atoms with Crippen molar-refractivity contribution in [3.63, 3.8) is 0 Å². The number of hydrogen-bond donors (Lipinski definition) is 0. The van der Waals surface area contributed by atoms with E-state index < -0.39 is 0 Å². The van der Waals surface area contributed by atoms with Gasteiger partial charge in [0.15, 0.2) is 0 Å². The Morgan fingerprint density at radius 2 is 2.00 bits per heavy atom. The van der Waals surface area contributed by atoms with E-state index in [1.807, 2.05) is 6.33 Å². The second kappa shape index (κ2) is 5.06. The monoisotopic (exact) mass is 268 g/mol. The summed E-state index contributed by atoms with van der Waals surface area (Å²) in [7, 11) is 0. The Bertz CT molecular complexity index is 580. The zero-order valence-corrected chi connectivity index (χ0v) is 11.7. The van der Waals surface area contributed by atoms with Gasteiger partial charge in [0, 0.05) is 30.5 Å². The van der Waals surface area contributed by atoms with Crippen LogP contribution in [-0.2, 0) is 11.2 Å². The van der Waals surface area contributed by atoms with Crippen molar-refractivity contribution in [3.05, 3.63) is 42.4 Å². The lowest BCUT2D eigenvalue weighted by Crippen LogP contribution is -2.09. The third-order valence-electron chi connectivity index (χ3n) is 4.39. The number of imidazole rings is 1. The summed E-state index contributed by atoms with van der Waals surface area (Å²) in [5, 5.41) is 0. The van der Waals surface area contributed by atoms with Gasteiger partial charge in [0.1, 0.15) is 0 Å². The number of aromatic nitrogens is 2. The van der Waals surface area contributed by atoms with Crippen LogP contribution in [0.25, 0.3) is 11.3 Å². The summed E-state index contributed by atoms with van der Waals surface area (Å²) < 4.78 is 7.96. The lowest BCUT2D eigenvalue weighted by molar-refractivity contribution is 0.185. The highest BCUT2D eigenvalue weighted by Crippen LogP contribution is 2.39. The minimum atomic E-state index is 0.659. The molecule has 1 atom stereocenters. The molecule has 1 aliphatic carbocycles. The van der Waals surface area contributed by atoms with Gasteiger partial charge in [0.05, 0.1) is 12.0 Å². The molecule has 20 heavy (non-hydrogen) atoms. The van der Waals surface area contributed by atoms with E-state index in [0.29, 0.717) is 12.0 Å². The second-order valence-corrected chi connectivity index (χ2v) is 5.98. The summed E-state index contributed by atoms with van der Waals surface area (Å²) in [6.45, 7) is 1.83. The molecular formula is C17H20N2O. The van der Waals surface area contributed by atoms with Crippen LogP contribution in [-0.4, -0.2) is 22.8 Å². The first-order chi connectivity index (χ1) is 9.92. The van der Waals surface area contributed by atoms with Crippen molar-refractivity contribution in [1.29, 1.82) is 0 Å². The predicted octanol–water partition coefficient (Wildman–Crippen LogP) is 3.46. The molecule has 0 radical (unpaired) electrons. The maximum Gasteiger partial charge on any atom is 0.0958 e. The van der Waals surface area contributed by atoms with E-state index in [0.717, 1.165) is 19.6 Å². The van der Waals surface area contributed by atoms with Crippen molar-refractivity contribution in [1.82, 2.24) is 9.55 Å². The Balaban J connectivity index is 1.70. The first-order valence-corrected chi connectivity index (χ1v) is 7.60. The van der Waals surface area contributed by atoms with Crippen LogP contribution < -0.4 is 0 Å². The van der Waals surface area contributed by atoms with Gasteiger partial charge in [0.25, 0.3) is 0 Å². The van der Waals surface area contributed by atoms with Crippen LogP contribution in [0.4, 0.5) is 0 Å². The van der Waals surface area contributed by atoms with Crippen molar-refractivity contribution in [2.45, 2.75) is 31.7 Å². The largest absolute Gasteiger partial charge is 0.381 e. The Labute approximate surface area is 119 Å². The fourth-order valence-corrected chi connectivity index (χ4v) is 3.11. The van der Waals surface area contributed by atoms with Gasteiger partial charge in [0.2, 0.25) is 0 Å². The van der Waals surface area contributed by atoms with Crippen LogP contribution in [0.5, 0.6) is 0 Å². The summed E-state index contributed by atoms with van der Waals surface area (Å²) in [4.78, 5) is 4.71. The van der Waals surface area contributed by atoms with Crippen molar-refractivity contribution in [2.75, 3.05) is 13.2 Å². The Kier molecular flexibility index (Phi) is 3.07. The van der Waals surface area contributed by atoms with Gasteiger partial charge in [-0.25, -0.2) is 4.98 Å². The number of ether oxygens (including phenoxy) is 1. The van der Waals surface area contributed by atoms with Gasteiger partial charge in [-0.1, -0.05) is 30.3 Å². The maximum absolute atomic E-state index is 5.54. The maximum atomic E-state index is 5.54. The third kappa shape index (κ3) is 2.27. The van der Waals surface area contributed by atoms with Crippen LogP contribution in [0.15, 0.2) is 36.7 Å². The molecule has 0 spiro atoms. The van der Waals surface area contributed by atoms with Crippen molar-refractivity contribution >= 4 is 0 Å². The summed E-state index contributed by atoms with van der Waals surface area (Å²) in [6.07, 6.45) is 6.94. The van der Waals surface area contributed by atoms with Crippen molar-refractivity contribution < 1.29 is 4.74 Å². The molecule has 1 saturated carbocycles. The molecule has 104 valence electrons. The molecule has 2 fully saturated rings. The molecule has 4 rings (SSSR count). The number of hydrogen-bond acceptors (Lipinski definition) is 2. The number of rotatable bonds is 4. The molecule has 1 aliphatic heterocycles. The highest BCUT2D eigenvalue weighted by atomic mass is 16.5. The second-order valence-electron chi connectivity index (χ2n) is 5.98. The fraction of sp³-hybridized carbons (Fsp3) is 0.471. The molecule has 2 aliphatic rings.